The van der Waals surface area contributed by atoms with E-state index in [0.717, 1.165) is 0 Å². The van der Waals surface area contributed by atoms with Gasteiger partial charge in [0.25, 0.3) is 0 Å². The van der Waals surface area contributed by atoms with Gasteiger partial charge in [-0.15, -0.1) is 0 Å². The third-order valence-corrected chi connectivity index (χ3v) is 3.54. The molecule has 104 valence electrons. The molecule has 2 unspecified atom stereocenters. The van der Waals surface area contributed by atoms with E-state index >= 15 is 0 Å². The minimum absolute atomic E-state index is 0.634. The fourth-order valence-electron chi connectivity index (χ4n) is 2.55. The molecule has 2 atom stereocenters. The number of nitrogens with one attached hydrogen (secondary N) is 1. The van der Waals surface area contributed by atoms with Crippen molar-refractivity contribution in [3.8, 4) is 0 Å². The maximum Gasteiger partial charge on any atom is 0.0243 e. The average Bonchev–Trinajstić information content (AvgIpc) is 2.28. The Hall–Kier alpha value is -0.120. The molecule has 0 spiro atoms. The van der Waals surface area contributed by atoms with Gasteiger partial charge in [0.1, 0.15) is 0 Å². The molecule has 0 radical (unpaired) electrons. The summed E-state index contributed by atoms with van der Waals surface area (Å²) < 4.78 is 0. The predicted octanol–water partition coefficient (Wildman–Crippen LogP) is 2.04. The van der Waals surface area contributed by atoms with Gasteiger partial charge in [0.2, 0.25) is 0 Å². The largest absolute Gasteiger partial charge is 0.315 e. The first-order chi connectivity index (χ1) is 8.06. The molecule has 0 aromatic rings. The molecule has 0 amide bonds. The van der Waals surface area contributed by atoms with Crippen molar-refractivity contribution in [1.82, 2.24) is 15.1 Å². The van der Waals surface area contributed by atoms with Crippen LogP contribution in [0, 0.1) is 0 Å². The first-order valence-electron chi connectivity index (χ1n) is 7.09. The predicted molar refractivity (Wildman–Crippen MR) is 77.6 cm³/mol. The van der Waals surface area contributed by atoms with Crippen LogP contribution >= 0.6 is 0 Å². The van der Waals surface area contributed by atoms with Gasteiger partial charge in [0, 0.05) is 12.1 Å². The van der Waals surface area contributed by atoms with Crippen LogP contribution in [0.25, 0.3) is 0 Å². The smallest absolute Gasteiger partial charge is 0.0243 e. The number of rotatable bonds is 10. The number of hydrogen-bond donors (Lipinski definition) is 1. The molecule has 0 fully saturated rings. The Labute approximate surface area is 109 Å². The highest BCUT2D eigenvalue weighted by Crippen LogP contribution is 2.12. The third-order valence-electron chi connectivity index (χ3n) is 3.54. The Morgan fingerprint density at radius 2 is 1.71 bits per heavy atom. The van der Waals surface area contributed by atoms with Gasteiger partial charge in [-0.3, -0.25) is 0 Å². The second-order valence-corrected chi connectivity index (χ2v) is 5.30. The van der Waals surface area contributed by atoms with E-state index in [0.29, 0.717) is 12.1 Å². The summed E-state index contributed by atoms with van der Waals surface area (Å²) in [5.74, 6) is 0. The van der Waals surface area contributed by atoms with E-state index in [1.54, 1.807) is 0 Å². The van der Waals surface area contributed by atoms with Crippen molar-refractivity contribution in [2.24, 2.45) is 0 Å². The molecule has 1 N–H and O–H groups in total. The Balaban J connectivity index is 4.12. The summed E-state index contributed by atoms with van der Waals surface area (Å²) in [6.07, 6.45) is 5.01. The first kappa shape index (κ1) is 16.9. The van der Waals surface area contributed by atoms with Gasteiger partial charge in [0.15, 0.2) is 0 Å². The lowest BCUT2D eigenvalue weighted by Crippen LogP contribution is -2.47. The number of hydrogen-bond acceptors (Lipinski definition) is 3. The second-order valence-electron chi connectivity index (χ2n) is 5.30. The molecular weight excluding hydrogens is 210 g/mol. The normalized spacial score (nSPS) is 15.5. The van der Waals surface area contributed by atoms with Crippen molar-refractivity contribution in [3.05, 3.63) is 0 Å². The molecule has 0 aromatic heterocycles. The monoisotopic (exact) mass is 243 g/mol. The van der Waals surface area contributed by atoms with E-state index in [9.17, 15) is 0 Å². The molecular formula is C14H33N3. The SMILES string of the molecule is CCCC(NC)C(CC)N(C)CCCN(C)C. The Morgan fingerprint density at radius 3 is 2.12 bits per heavy atom. The molecule has 0 aliphatic heterocycles. The van der Waals surface area contributed by atoms with Crippen LogP contribution in [0.4, 0.5) is 0 Å². The van der Waals surface area contributed by atoms with Crippen molar-refractivity contribution in [2.45, 2.75) is 51.6 Å². The van der Waals surface area contributed by atoms with Gasteiger partial charge in [0.05, 0.1) is 0 Å². The van der Waals surface area contributed by atoms with E-state index in [1.807, 2.05) is 0 Å². The average molecular weight is 243 g/mol. The summed E-state index contributed by atoms with van der Waals surface area (Å²) in [6, 6.07) is 1.30. The Morgan fingerprint density at radius 1 is 1.06 bits per heavy atom. The lowest BCUT2D eigenvalue weighted by molar-refractivity contribution is 0.177. The first-order valence-corrected chi connectivity index (χ1v) is 7.09. The van der Waals surface area contributed by atoms with Crippen molar-refractivity contribution in [3.63, 3.8) is 0 Å². The number of likely N-dealkylation sites (N-methyl/N-ethyl adjacent to an activating group) is 2. The molecule has 0 aromatic carbocycles. The lowest BCUT2D eigenvalue weighted by Gasteiger charge is -2.34. The highest BCUT2D eigenvalue weighted by molar-refractivity contribution is 4.81. The van der Waals surface area contributed by atoms with E-state index in [1.165, 1.54) is 38.8 Å². The molecule has 0 bridgehead atoms. The zero-order valence-corrected chi connectivity index (χ0v) is 12.8. The second kappa shape index (κ2) is 9.86. The maximum atomic E-state index is 3.48. The highest BCUT2D eigenvalue weighted by atomic mass is 15.2. The van der Waals surface area contributed by atoms with Crippen molar-refractivity contribution >= 4 is 0 Å². The minimum atomic E-state index is 0.634. The van der Waals surface area contributed by atoms with Crippen LogP contribution in [-0.4, -0.2) is 63.2 Å². The van der Waals surface area contributed by atoms with E-state index in [2.05, 4.69) is 57.2 Å². The minimum Gasteiger partial charge on any atom is -0.315 e. The van der Waals surface area contributed by atoms with Crippen LogP contribution in [0.5, 0.6) is 0 Å². The van der Waals surface area contributed by atoms with E-state index < -0.39 is 0 Å². The van der Waals surface area contributed by atoms with Crippen LogP contribution in [0.1, 0.15) is 39.5 Å². The maximum absolute atomic E-state index is 3.48. The topological polar surface area (TPSA) is 18.5 Å². The molecule has 0 heterocycles. The third kappa shape index (κ3) is 7.02. The number of nitrogens with zero attached hydrogens (tertiary/aromatic N) is 2. The van der Waals surface area contributed by atoms with Crippen LogP contribution in [0.15, 0.2) is 0 Å². The van der Waals surface area contributed by atoms with Crippen LogP contribution < -0.4 is 5.32 Å². The van der Waals surface area contributed by atoms with E-state index in [-0.39, 0.29) is 0 Å². The molecule has 0 saturated heterocycles. The van der Waals surface area contributed by atoms with Crippen LogP contribution in [-0.2, 0) is 0 Å². The quantitative estimate of drug-likeness (QED) is 0.633. The van der Waals surface area contributed by atoms with Gasteiger partial charge >= 0.3 is 0 Å². The molecule has 3 nitrogen and oxygen atoms in total. The Kier molecular flexibility index (Phi) is 9.79. The summed E-state index contributed by atoms with van der Waals surface area (Å²) in [5, 5.41) is 3.48. The fraction of sp³-hybridized carbons (Fsp3) is 1.00. The zero-order chi connectivity index (χ0) is 13.3. The van der Waals surface area contributed by atoms with Gasteiger partial charge in [-0.1, -0.05) is 20.3 Å². The summed E-state index contributed by atoms with van der Waals surface area (Å²) in [4.78, 5) is 4.79. The van der Waals surface area contributed by atoms with Gasteiger partial charge in [-0.2, -0.15) is 0 Å². The highest BCUT2D eigenvalue weighted by Gasteiger charge is 2.21. The zero-order valence-electron chi connectivity index (χ0n) is 12.8. The van der Waals surface area contributed by atoms with Crippen LogP contribution in [0.2, 0.25) is 0 Å². The van der Waals surface area contributed by atoms with E-state index in [4.69, 9.17) is 0 Å². The molecule has 3 heteroatoms. The van der Waals surface area contributed by atoms with Gasteiger partial charge < -0.3 is 15.1 Å². The summed E-state index contributed by atoms with van der Waals surface area (Å²) >= 11 is 0. The molecule has 0 rings (SSSR count). The van der Waals surface area contributed by atoms with Crippen molar-refractivity contribution in [2.75, 3.05) is 41.3 Å². The van der Waals surface area contributed by atoms with Crippen LogP contribution in [0.3, 0.4) is 0 Å². The lowest BCUT2D eigenvalue weighted by atomic mass is 9.99. The van der Waals surface area contributed by atoms with Crippen molar-refractivity contribution in [1.29, 1.82) is 0 Å². The molecule has 0 aliphatic rings. The molecule has 0 saturated carbocycles. The van der Waals surface area contributed by atoms with Crippen molar-refractivity contribution < 1.29 is 0 Å². The summed E-state index contributed by atoms with van der Waals surface area (Å²) in [6.45, 7) is 6.94. The summed E-state index contributed by atoms with van der Waals surface area (Å²) in [7, 11) is 8.65. The summed E-state index contributed by atoms with van der Waals surface area (Å²) in [5.41, 5.74) is 0. The van der Waals surface area contributed by atoms with Gasteiger partial charge in [-0.25, -0.2) is 0 Å². The van der Waals surface area contributed by atoms with Gasteiger partial charge in [-0.05, 0) is 60.5 Å². The molecule has 17 heavy (non-hydrogen) atoms. The fourth-order valence-corrected chi connectivity index (χ4v) is 2.55. The Bertz CT molecular complexity index is 171. The molecule has 0 aliphatic carbocycles. The standard InChI is InChI=1S/C14H33N3/c1-7-10-13(15-3)14(8-2)17(6)12-9-11-16(4)5/h13-15H,7-12H2,1-6H3.